The number of carboxylic acids is 1. The molecule has 0 aliphatic carbocycles. The second kappa shape index (κ2) is 5.07. The first kappa shape index (κ1) is 11.7. The van der Waals surface area contributed by atoms with Crippen LogP contribution in [0.3, 0.4) is 0 Å². The largest absolute Gasteiger partial charge is 0.480 e. The fourth-order valence-corrected chi connectivity index (χ4v) is 1.98. The Balaban J connectivity index is 2.01. The Labute approximate surface area is 101 Å². The minimum atomic E-state index is -0.884. The smallest absolute Gasteiger partial charge is 0.317 e. The van der Waals surface area contributed by atoms with Crippen LogP contribution in [0.1, 0.15) is 5.89 Å². The summed E-state index contributed by atoms with van der Waals surface area (Å²) in [5, 5.41) is 16.3. The van der Waals surface area contributed by atoms with E-state index in [0.29, 0.717) is 18.3 Å². The molecule has 0 radical (unpaired) electrons. The number of nitrogens with zero attached hydrogens (tertiary/aromatic N) is 3. The zero-order chi connectivity index (χ0) is 12.3. The van der Waals surface area contributed by atoms with E-state index in [9.17, 15) is 4.79 Å². The van der Waals surface area contributed by atoms with Crippen molar-refractivity contribution in [3.8, 4) is 11.4 Å². The lowest BCUT2D eigenvalue weighted by Gasteiger charge is -2.09. The quantitative estimate of drug-likeness (QED) is 0.865. The van der Waals surface area contributed by atoms with Crippen molar-refractivity contribution in [2.24, 2.45) is 0 Å². The monoisotopic (exact) mass is 253 g/mol. The number of likely N-dealkylation sites (N-methyl/N-ethyl adjacent to an activating group) is 1. The van der Waals surface area contributed by atoms with E-state index < -0.39 is 5.97 Å². The Hall–Kier alpha value is -1.73. The minimum absolute atomic E-state index is 0.0594. The van der Waals surface area contributed by atoms with Crippen LogP contribution in [0.15, 0.2) is 21.3 Å². The van der Waals surface area contributed by atoms with Gasteiger partial charge in [0.05, 0.1) is 13.1 Å². The van der Waals surface area contributed by atoms with E-state index in [4.69, 9.17) is 9.63 Å². The molecular formula is C10H11N3O3S. The number of hydrogen-bond acceptors (Lipinski definition) is 6. The molecule has 2 aromatic rings. The second-order valence-electron chi connectivity index (χ2n) is 3.59. The third-order valence-corrected chi connectivity index (χ3v) is 2.74. The van der Waals surface area contributed by atoms with Gasteiger partial charge in [0.25, 0.3) is 0 Å². The van der Waals surface area contributed by atoms with Gasteiger partial charge in [0.1, 0.15) is 0 Å². The lowest BCUT2D eigenvalue weighted by molar-refractivity contribution is -0.138. The lowest BCUT2D eigenvalue weighted by atomic mass is 10.3. The van der Waals surface area contributed by atoms with E-state index in [2.05, 4.69) is 10.1 Å². The van der Waals surface area contributed by atoms with Gasteiger partial charge < -0.3 is 9.63 Å². The van der Waals surface area contributed by atoms with E-state index in [1.165, 1.54) is 0 Å². The molecule has 1 N–H and O–H groups in total. The van der Waals surface area contributed by atoms with E-state index in [1.54, 1.807) is 23.3 Å². The number of carboxylic acid groups (broad SMARTS) is 1. The topological polar surface area (TPSA) is 79.5 Å². The zero-order valence-corrected chi connectivity index (χ0v) is 9.98. The van der Waals surface area contributed by atoms with Crippen LogP contribution in [0.5, 0.6) is 0 Å². The van der Waals surface area contributed by atoms with Gasteiger partial charge >= 0.3 is 5.97 Å². The van der Waals surface area contributed by atoms with Crippen LogP contribution in [-0.4, -0.2) is 39.7 Å². The van der Waals surface area contributed by atoms with Gasteiger partial charge in [0.2, 0.25) is 11.7 Å². The maximum Gasteiger partial charge on any atom is 0.317 e. The van der Waals surface area contributed by atoms with Crippen LogP contribution in [0, 0.1) is 0 Å². The Morgan fingerprint density at radius 1 is 1.65 bits per heavy atom. The first-order valence-electron chi connectivity index (χ1n) is 4.90. The number of rotatable bonds is 5. The molecule has 0 atom stereocenters. The fraction of sp³-hybridized carbons (Fsp3) is 0.300. The second-order valence-corrected chi connectivity index (χ2v) is 4.37. The molecule has 0 bridgehead atoms. The molecule has 0 aliphatic rings. The highest BCUT2D eigenvalue weighted by Crippen LogP contribution is 2.18. The standard InChI is InChI=1S/C10H11N3O3S/c1-13(5-9(14)15)4-8-11-10(12-16-8)7-2-3-17-6-7/h2-3,6H,4-5H2,1H3,(H,14,15). The predicted octanol–water partition coefficient (Wildman–Crippen LogP) is 1.31. The molecule has 0 fully saturated rings. The number of carbonyl (C=O) groups is 1. The molecule has 0 saturated heterocycles. The van der Waals surface area contributed by atoms with Crippen LogP contribution >= 0.6 is 11.3 Å². The third-order valence-electron chi connectivity index (χ3n) is 2.06. The molecular weight excluding hydrogens is 242 g/mol. The van der Waals surface area contributed by atoms with Crippen molar-refractivity contribution < 1.29 is 14.4 Å². The van der Waals surface area contributed by atoms with E-state index >= 15 is 0 Å². The summed E-state index contributed by atoms with van der Waals surface area (Å²) in [5.41, 5.74) is 0.908. The molecule has 2 aromatic heterocycles. The highest BCUT2D eigenvalue weighted by atomic mass is 32.1. The predicted molar refractivity (Wildman–Crippen MR) is 61.6 cm³/mol. The van der Waals surface area contributed by atoms with Gasteiger partial charge in [-0.3, -0.25) is 9.69 Å². The van der Waals surface area contributed by atoms with Crippen LogP contribution in [0.2, 0.25) is 0 Å². The average molecular weight is 253 g/mol. The molecule has 0 unspecified atom stereocenters. The molecule has 0 amide bonds. The van der Waals surface area contributed by atoms with Crippen molar-refractivity contribution in [3.05, 3.63) is 22.7 Å². The number of hydrogen-bond donors (Lipinski definition) is 1. The molecule has 90 valence electrons. The van der Waals surface area contributed by atoms with Gasteiger partial charge in [-0.1, -0.05) is 5.16 Å². The first-order chi connectivity index (χ1) is 8.15. The summed E-state index contributed by atoms with van der Waals surface area (Å²) in [7, 11) is 1.68. The highest BCUT2D eigenvalue weighted by Gasteiger charge is 2.12. The molecule has 0 aromatic carbocycles. The molecule has 6 nitrogen and oxygen atoms in total. The lowest BCUT2D eigenvalue weighted by Crippen LogP contribution is -2.25. The summed E-state index contributed by atoms with van der Waals surface area (Å²) < 4.78 is 5.05. The average Bonchev–Trinajstić information content (AvgIpc) is 2.84. The van der Waals surface area contributed by atoms with Gasteiger partial charge in [0, 0.05) is 10.9 Å². The number of aromatic nitrogens is 2. The minimum Gasteiger partial charge on any atom is -0.480 e. The Bertz CT molecular complexity index is 495. The molecule has 0 aliphatic heterocycles. The Kier molecular flexibility index (Phi) is 3.50. The summed E-state index contributed by atoms with van der Waals surface area (Å²) in [6.45, 7) is 0.263. The van der Waals surface area contributed by atoms with Gasteiger partial charge in [-0.15, -0.1) is 0 Å². The van der Waals surface area contributed by atoms with E-state index in [0.717, 1.165) is 5.56 Å². The van der Waals surface area contributed by atoms with E-state index in [-0.39, 0.29) is 6.54 Å². The molecule has 7 heteroatoms. The fourth-order valence-electron chi connectivity index (χ4n) is 1.35. The maximum absolute atomic E-state index is 10.5. The van der Waals surface area contributed by atoms with Crippen LogP contribution in [-0.2, 0) is 11.3 Å². The van der Waals surface area contributed by atoms with Crippen molar-refractivity contribution in [2.75, 3.05) is 13.6 Å². The molecule has 0 saturated carbocycles. The van der Waals surface area contributed by atoms with Crippen LogP contribution < -0.4 is 0 Å². The van der Waals surface area contributed by atoms with E-state index in [1.807, 2.05) is 16.8 Å². The normalized spacial score (nSPS) is 10.9. The summed E-state index contributed by atoms with van der Waals surface area (Å²) in [6, 6.07) is 1.90. The van der Waals surface area contributed by atoms with Gasteiger partial charge in [-0.2, -0.15) is 16.3 Å². The molecule has 17 heavy (non-hydrogen) atoms. The summed E-state index contributed by atoms with van der Waals surface area (Å²) in [4.78, 5) is 16.3. The first-order valence-corrected chi connectivity index (χ1v) is 5.85. The third kappa shape index (κ3) is 3.11. The Morgan fingerprint density at radius 2 is 2.47 bits per heavy atom. The van der Waals surface area contributed by atoms with Crippen molar-refractivity contribution in [1.82, 2.24) is 15.0 Å². The van der Waals surface area contributed by atoms with Gasteiger partial charge in [-0.25, -0.2) is 0 Å². The van der Waals surface area contributed by atoms with Crippen molar-refractivity contribution in [3.63, 3.8) is 0 Å². The molecule has 2 heterocycles. The van der Waals surface area contributed by atoms with Crippen molar-refractivity contribution >= 4 is 17.3 Å². The Morgan fingerprint density at radius 3 is 3.12 bits per heavy atom. The SMILES string of the molecule is CN(CC(=O)O)Cc1nc(-c2ccsc2)no1. The van der Waals surface area contributed by atoms with Crippen molar-refractivity contribution in [2.45, 2.75) is 6.54 Å². The highest BCUT2D eigenvalue weighted by molar-refractivity contribution is 7.08. The van der Waals surface area contributed by atoms with Crippen LogP contribution in [0.4, 0.5) is 0 Å². The van der Waals surface area contributed by atoms with Gasteiger partial charge in [-0.05, 0) is 18.5 Å². The van der Waals surface area contributed by atoms with Crippen molar-refractivity contribution in [1.29, 1.82) is 0 Å². The molecule has 2 rings (SSSR count). The number of aliphatic carboxylic acids is 1. The van der Waals surface area contributed by atoms with Crippen LogP contribution in [0.25, 0.3) is 11.4 Å². The summed E-state index contributed by atoms with van der Waals surface area (Å²) in [5.74, 6) is 0.0602. The summed E-state index contributed by atoms with van der Waals surface area (Å²) in [6.07, 6.45) is 0. The maximum atomic E-state index is 10.5. The summed E-state index contributed by atoms with van der Waals surface area (Å²) >= 11 is 1.56. The number of thiophene rings is 1. The molecule has 0 spiro atoms. The zero-order valence-electron chi connectivity index (χ0n) is 9.16. The van der Waals surface area contributed by atoms with Gasteiger partial charge in [0.15, 0.2) is 0 Å².